The topological polar surface area (TPSA) is 47.3 Å². The molecule has 1 N–H and O–H groups in total. The lowest BCUT2D eigenvalue weighted by molar-refractivity contribution is -0.160. The smallest absolute Gasteiger partial charge is 0.0991 e. The van der Waals surface area contributed by atoms with E-state index in [0.29, 0.717) is 0 Å². The Labute approximate surface area is 126 Å². The van der Waals surface area contributed by atoms with Crippen molar-refractivity contribution in [1.29, 1.82) is 5.26 Å². The molecule has 3 atom stereocenters. The maximum absolute atomic E-state index is 11.6. The molecular weight excluding hydrogens is 260 g/mol. The van der Waals surface area contributed by atoms with E-state index in [4.69, 9.17) is 0 Å². The lowest BCUT2D eigenvalue weighted by atomic mass is 9.49. The van der Waals surface area contributed by atoms with E-state index in [1.807, 2.05) is 6.07 Å². The molecule has 2 aliphatic carbocycles. The van der Waals surface area contributed by atoms with Crippen molar-refractivity contribution in [2.45, 2.75) is 55.6 Å². The van der Waals surface area contributed by atoms with E-state index in [1.54, 1.807) is 0 Å². The summed E-state index contributed by atoms with van der Waals surface area (Å²) >= 11 is 0. The second kappa shape index (κ2) is 4.32. The van der Waals surface area contributed by atoms with Crippen LogP contribution in [0.4, 0.5) is 0 Å². The number of piperidine rings is 1. The number of benzene rings is 1. The summed E-state index contributed by atoms with van der Waals surface area (Å²) in [5.74, 6) is 0. The van der Waals surface area contributed by atoms with E-state index in [1.165, 1.54) is 17.5 Å². The average Bonchev–Trinajstić information content (AvgIpc) is 2.50. The van der Waals surface area contributed by atoms with Gasteiger partial charge < -0.3 is 10.0 Å². The first kappa shape index (κ1) is 13.3. The zero-order chi connectivity index (χ0) is 14.7. The van der Waals surface area contributed by atoms with Gasteiger partial charge >= 0.3 is 0 Å². The molecule has 0 radical (unpaired) electrons. The second-order valence-electron chi connectivity index (χ2n) is 7.15. The van der Waals surface area contributed by atoms with Gasteiger partial charge in [-0.05, 0) is 62.5 Å². The van der Waals surface area contributed by atoms with Gasteiger partial charge in [-0.25, -0.2) is 0 Å². The van der Waals surface area contributed by atoms with Crippen molar-refractivity contribution in [2.24, 2.45) is 0 Å². The third-order valence-electron chi connectivity index (χ3n) is 6.38. The van der Waals surface area contributed by atoms with Crippen molar-refractivity contribution in [1.82, 2.24) is 4.90 Å². The molecule has 3 heteroatoms. The summed E-state index contributed by atoms with van der Waals surface area (Å²) in [5.41, 5.74) is 2.61. The molecule has 21 heavy (non-hydrogen) atoms. The number of aliphatic hydroxyl groups is 1. The van der Waals surface area contributed by atoms with Crippen LogP contribution in [0.3, 0.4) is 0 Å². The molecule has 2 bridgehead atoms. The molecule has 0 amide bonds. The average molecular weight is 282 g/mol. The molecule has 110 valence electrons. The number of nitrogens with zero attached hydrogens (tertiary/aromatic N) is 2. The van der Waals surface area contributed by atoms with Crippen LogP contribution in [0.15, 0.2) is 18.2 Å². The van der Waals surface area contributed by atoms with Gasteiger partial charge in [0.25, 0.3) is 0 Å². The molecule has 1 aromatic carbocycles. The summed E-state index contributed by atoms with van der Waals surface area (Å²) in [6.07, 6.45) is 6.20. The minimum Gasteiger partial charge on any atom is -0.387 e. The van der Waals surface area contributed by atoms with E-state index in [-0.39, 0.29) is 11.5 Å². The maximum Gasteiger partial charge on any atom is 0.0991 e. The molecule has 0 spiro atoms. The van der Waals surface area contributed by atoms with Gasteiger partial charge in [0, 0.05) is 11.5 Å². The fraction of sp³-hybridized carbons (Fsp3) is 0.611. The maximum atomic E-state index is 11.6. The molecule has 2 fully saturated rings. The van der Waals surface area contributed by atoms with Crippen LogP contribution in [-0.2, 0) is 11.8 Å². The van der Waals surface area contributed by atoms with Crippen LogP contribution in [0.5, 0.6) is 0 Å². The lowest BCUT2D eigenvalue weighted by Gasteiger charge is -2.63. The molecule has 1 saturated carbocycles. The molecule has 4 rings (SSSR count). The number of hydrogen-bond acceptors (Lipinski definition) is 3. The van der Waals surface area contributed by atoms with E-state index in [2.05, 4.69) is 30.1 Å². The molecule has 1 heterocycles. The Bertz CT molecular complexity index is 635. The number of likely N-dealkylation sites (N-methyl/N-ethyl adjacent to an activating group) is 1. The Morgan fingerprint density at radius 2 is 2.10 bits per heavy atom. The normalized spacial score (nSPS) is 38.2. The first-order valence-corrected chi connectivity index (χ1v) is 8.07. The van der Waals surface area contributed by atoms with Crippen LogP contribution in [-0.4, -0.2) is 35.2 Å². The van der Waals surface area contributed by atoms with Crippen molar-refractivity contribution >= 4 is 0 Å². The molecule has 1 aliphatic heterocycles. The number of fused-ring (bicyclic) bond motifs is 1. The fourth-order valence-corrected chi connectivity index (χ4v) is 5.30. The number of likely N-dealkylation sites (tertiary alicyclic amines) is 1. The van der Waals surface area contributed by atoms with Gasteiger partial charge in [0.2, 0.25) is 0 Å². The highest BCUT2D eigenvalue weighted by Crippen LogP contribution is 2.57. The first-order valence-electron chi connectivity index (χ1n) is 8.07. The summed E-state index contributed by atoms with van der Waals surface area (Å²) in [7, 11) is 2.15. The monoisotopic (exact) mass is 282 g/mol. The van der Waals surface area contributed by atoms with Crippen molar-refractivity contribution in [3.8, 4) is 6.07 Å². The van der Waals surface area contributed by atoms with Gasteiger partial charge in [-0.15, -0.1) is 0 Å². The first-order chi connectivity index (χ1) is 10.1. The highest BCUT2D eigenvalue weighted by atomic mass is 16.3. The van der Waals surface area contributed by atoms with E-state index in [9.17, 15) is 10.4 Å². The van der Waals surface area contributed by atoms with Crippen LogP contribution >= 0.6 is 0 Å². The molecule has 3 nitrogen and oxygen atoms in total. The van der Waals surface area contributed by atoms with Crippen LogP contribution in [0.1, 0.15) is 48.8 Å². The highest BCUT2D eigenvalue weighted by molar-refractivity contribution is 5.49. The van der Waals surface area contributed by atoms with Crippen molar-refractivity contribution in [3.63, 3.8) is 0 Å². The Hall–Kier alpha value is -1.37. The summed E-state index contributed by atoms with van der Waals surface area (Å²) in [5, 5.41) is 20.9. The number of hydrogen-bond donors (Lipinski definition) is 1. The second-order valence-corrected chi connectivity index (χ2v) is 7.15. The highest BCUT2D eigenvalue weighted by Gasteiger charge is 2.62. The van der Waals surface area contributed by atoms with Crippen molar-refractivity contribution in [3.05, 3.63) is 34.9 Å². The Balaban J connectivity index is 1.96. The number of rotatable bonds is 0. The Morgan fingerprint density at radius 1 is 1.29 bits per heavy atom. The largest absolute Gasteiger partial charge is 0.387 e. The molecule has 0 unspecified atom stereocenters. The third kappa shape index (κ3) is 1.55. The van der Waals surface area contributed by atoms with Crippen LogP contribution < -0.4 is 0 Å². The lowest BCUT2D eigenvalue weighted by Crippen LogP contribution is -2.71. The van der Waals surface area contributed by atoms with E-state index in [0.717, 1.165) is 44.2 Å². The number of nitriles is 1. The van der Waals surface area contributed by atoms with Gasteiger partial charge in [-0.2, -0.15) is 5.26 Å². The standard InChI is InChI=1S/C18H22N2O/c1-20-9-8-17-6-2-3-7-18(17,21)16(20)11-14-5-4-13(12-19)10-15(14)17/h4-5,10,16,21H,2-3,6-9,11H2,1H3/t16-,17+,18-/m1/s1. The summed E-state index contributed by atoms with van der Waals surface area (Å²) in [6.45, 7) is 1.04. The summed E-state index contributed by atoms with van der Waals surface area (Å²) < 4.78 is 0. The SMILES string of the molecule is CN1CC[C@]23CCCC[C@@]2(O)[C@H]1Cc1ccc(C#N)cc13. The van der Waals surface area contributed by atoms with Crippen LogP contribution in [0.25, 0.3) is 0 Å². The third-order valence-corrected chi connectivity index (χ3v) is 6.38. The molecular formula is C18H22N2O. The molecule has 1 saturated heterocycles. The van der Waals surface area contributed by atoms with Gasteiger partial charge in [0.1, 0.15) is 0 Å². The molecule has 3 aliphatic rings. The van der Waals surface area contributed by atoms with E-state index < -0.39 is 5.60 Å². The minimum atomic E-state index is -0.612. The van der Waals surface area contributed by atoms with Gasteiger partial charge in [-0.3, -0.25) is 0 Å². The summed E-state index contributed by atoms with van der Waals surface area (Å²) in [6, 6.07) is 8.61. The van der Waals surface area contributed by atoms with Crippen molar-refractivity contribution in [2.75, 3.05) is 13.6 Å². The predicted octanol–water partition coefficient (Wildman–Crippen LogP) is 2.36. The summed E-state index contributed by atoms with van der Waals surface area (Å²) in [4.78, 5) is 2.35. The zero-order valence-electron chi connectivity index (χ0n) is 12.6. The van der Waals surface area contributed by atoms with Gasteiger partial charge in [0.05, 0.1) is 17.2 Å². The molecule has 0 aromatic heterocycles. The Kier molecular flexibility index (Phi) is 2.73. The van der Waals surface area contributed by atoms with Gasteiger partial charge in [-0.1, -0.05) is 18.9 Å². The van der Waals surface area contributed by atoms with Gasteiger partial charge in [0.15, 0.2) is 0 Å². The van der Waals surface area contributed by atoms with Crippen LogP contribution in [0.2, 0.25) is 0 Å². The van der Waals surface area contributed by atoms with Crippen molar-refractivity contribution < 1.29 is 5.11 Å². The van der Waals surface area contributed by atoms with Crippen LogP contribution in [0, 0.1) is 11.3 Å². The zero-order valence-corrected chi connectivity index (χ0v) is 12.6. The quantitative estimate of drug-likeness (QED) is 0.794. The minimum absolute atomic E-state index is 0.122. The predicted molar refractivity (Wildman–Crippen MR) is 81.0 cm³/mol. The fourth-order valence-electron chi connectivity index (χ4n) is 5.30. The molecule has 1 aromatic rings. The Morgan fingerprint density at radius 3 is 2.90 bits per heavy atom. The van der Waals surface area contributed by atoms with E-state index >= 15 is 0 Å².